The zero-order valence-corrected chi connectivity index (χ0v) is 9.78. The highest BCUT2D eigenvalue weighted by molar-refractivity contribution is 7.99. The van der Waals surface area contributed by atoms with E-state index in [0.29, 0.717) is 6.04 Å². The first-order valence-electron chi connectivity index (χ1n) is 4.80. The Morgan fingerprint density at radius 2 is 2.08 bits per heavy atom. The lowest BCUT2D eigenvalue weighted by molar-refractivity contribution is -0.136. The fourth-order valence-corrected chi connectivity index (χ4v) is 3.20. The van der Waals surface area contributed by atoms with Crippen LogP contribution in [0.25, 0.3) is 0 Å². The molecule has 0 bridgehead atoms. The molecular weight excluding hydrogens is 182 g/mol. The summed E-state index contributed by atoms with van der Waals surface area (Å²) >= 11 is 1.95. The lowest BCUT2D eigenvalue weighted by Crippen LogP contribution is -2.50. The van der Waals surface area contributed by atoms with Gasteiger partial charge in [-0.2, -0.15) is 11.8 Å². The van der Waals surface area contributed by atoms with Crippen LogP contribution in [0.4, 0.5) is 0 Å². The monoisotopic (exact) mass is 201 g/mol. The largest absolute Gasteiger partial charge is 0.334 e. The van der Waals surface area contributed by atoms with E-state index in [0.717, 1.165) is 12.2 Å². The Hall–Kier alpha value is -0.180. The van der Waals surface area contributed by atoms with Gasteiger partial charge in [0.05, 0.1) is 0 Å². The molecule has 0 N–H and O–H groups in total. The Morgan fingerprint density at radius 3 is 2.38 bits per heavy atom. The predicted octanol–water partition coefficient (Wildman–Crippen LogP) is 2.14. The highest BCUT2D eigenvalue weighted by Crippen LogP contribution is 2.27. The molecule has 1 aliphatic heterocycles. The van der Waals surface area contributed by atoms with E-state index in [4.69, 9.17) is 0 Å². The van der Waals surface area contributed by atoms with Crippen LogP contribution in [0, 0.1) is 0 Å². The van der Waals surface area contributed by atoms with Gasteiger partial charge in [-0.05, 0) is 32.9 Å². The van der Waals surface area contributed by atoms with Crippen LogP contribution in [0.1, 0.15) is 34.1 Å². The van der Waals surface area contributed by atoms with Crippen molar-refractivity contribution in [3.63, 3.8) is 0 Å². The van der Waals surface area contributed by atoms with E-state index in [1.54, 1.807) is 6.92 Å². The summed E-state index contributed by atoms with van der Waals surface area (Å²) in [7, 11) is 0. The van der Waals surface area contributed by atoms with Crippen molar-refractivity contribution >= 4 is 17.7 Å². The van der Waals surface area contributed by atoms with Gasteiger partial charge in [-0.25, -0.2) is 0 Å². The van der Waals surface area contributed by atoms with Gasteiger partial charge in [-0.3, -0.25) is 4.79 Å². The molecule has 0 aromatic heterocycles. The van der Waals surface area contributed by atoms with E-state index in [2.05, 4.69) is 20.8 Å². The summed E-state index contributed by atoms with van der Waals surface area (Å²) in [5.74, 6) is 2.52. The van der Waals surface area contributed by atoms with Crippen molar-refractivity contribution in [1.29, 1.82) is 0 Å². The van der Waals surface area contributed by atoms with Crippen LogP contribution in [-0.2, 0) is 4.79 Å². The molecule has 0 spiro atoms. The van der Waals surface area contributed by atoms with Crippen molar-refractivity contribution in [2.75, 3.05) is 11.5 Å². The van der Waals surface area contributed by atoms with Crippen LogP contribution in [0.2, 0.25) is 0 Å². The average Bonchev–Trinajstić information content (AvgIpc) is 2.34. The molecule has 0 aliphatic carbocycles. The molecule has 13 heavy (non-hydrogen) atoms. The summed E-state index contributed by atoms with van der Waals surface area (Å²) in [5.41, 5.74) is -0.0264. The smallest absolute Gasteiger partial charge is 0.220 e. The molecule has 2 nitrogen and oxygen atoms in total. The molecular formula is C10H19NOS. The van der Waals surface area contributed by atoms with Crippen LogP contribution in [0.5, 0.6) is 0 Å². The Balaban J connectivity index is 2.72. The molecule has 0 radical (unpaired) electrons. The zero-order valence-electron chi connectivity index (χ0n) is 8.96. The molecule has 1 saturated heterocycles. The van der Waals surface area contributed by atoms with E-state index in [9.17, 15) is 4.79 Å². The van der Waals surface area contributed by atoms with Gasteiger partial charge in [0.25, 0.3) is 0 Å². The van der Waals surface area contributed by atoms with Gasteiger partial charge < -0.3 is 4.90 Å². The first-order valence-corrected chi connectivity index (χ1v) is 5.96. The number of carbonyl (C=O) groups excluding carboxylic acids is 1. The highest BCUT2D eigenvalue weighted by Gasteiger charge is 2.32. The number of rotatable bonds is 1. The summed E-state index contributed by atoms with van der Waals surface area (Å²) in [5, 5.41) is 0. The maximum absolute atomic E-state index is 11.5. The van der Waals surface area contributed by atoms with Crippen LogP contribution in [-0.4, -0.2) is 33.9 Å². The minimum atomic E-state index is -0.0264. The van der Waals surface area contributed by atoms with Crippen LogP contribution in [0.3, 0.4) is 0 Å². The maximum Gasteiger partial charge on any atom is 0.220 e. The second-order valence-corrected chi connectivity index (χ2v) is 5.73. The lowest BCUT2D eigenvalue weighted by Gasteiger charge is -2.39. The molecule has 0 unspecified atom stereocenters. The molecule has 1 fully saturated rings. The minimum Gasteiger partial charge on any atom is -0.334 e. The third kappa shape index (κ3) is 2.63. The lowest BCUT2D eigenvalue weighted by atomic mass is 10.0. The van der Waals surface area contributed by atoms with Gasteiger partial charge in [-0.1, -0.05) is 0 Å². The molecule has 1 atom stereocenters. The fourth-order valence-electron chi connectivity index (χ4n) is 2.00. The Bertz CT molecular complexity index is 192. The number of hydrogen-bond acceptors (Lipinski definition) is 2. The summed E-state index contributed by atoms with van der Waals surface area (Å²) in [6, 6.07) is 0.461. The number of thioether (sulfide) groups is 1. The van der Waals surface area contributed by atoms with Crippen molar-refractivity contribution in [3.8, 4) is 0 Å². The molecule has 1 amide bonds. The van der Waals surface area contributed by atoms with E-state index < -0.39 is 0 Å². The highest BCUT2D eigenvalue weighted by atomic mass is 32.2. The van der Waals surface area contributed by atoms with Gasteiger partial charge in [0.15, 0.2) is 0 Å². The molecule has 0 aromatic rings. The van der Waals surface area contributed by atoms with Crippen molar-refractivity contribution < 1.29 is 4.79 Å². The Kier molecular flexibility index (Phi) is 3.28. The van der Waals surface area contributed by atoms with Gasteiger partial charge in [0.2, 0.25) is 5.91 Å². The van der Waals surface area contributed by atoms with Crippen LogP contribution in [0.15, 0.2) is 0 Å². The van der Waals surface area contributed by atoms with Gasteiger partial charge >= 0.3 is 0 Å². The van der Waals surface area contributed by atoms with Crippen LogP contribution < -0.4 is 0 Å². The SMILES string of the molecule is CC(=O)N([C@@H]1CCSC1)C(C)(C)C. The third-order valence-electron chi connectivity index (χ3n) is 2.33. The fraction of sp³-hybridized carbons (Fsp3) is 0.900. The van der Waals surface area contributed by atoms with E-state index in [-0.39, 0.29) is 11.4 Å². The second-order valence-electron chi connectivity index (χ2n) is 4.58. The molecule has 1 aliphatic rings. The van der Waals surface area contributed by atoms with Crippen molar-refractivity contribution in [2.45, 2.75) is 45.7 Å². The average molecular weight is 201 g/mol. The number of hydrogen-bond donors (Lipinski definition) is 0. The predicted molar refractivity (Wildman–Crippen MR) is 58.0 cm³/mol. The van der Waals surface area contributed by atoms with Crippen molar-refractivity contribution in [2.24, 2.45) is 0 Å². The normalized spacial score (nSPS) is 23.2. The molecule has 0 aromatic carbocycles. The van der Waals surface area contributed by atoms with Crippen molar-refractivity contribution in [1.82, 2.24) is 4.90 Å². The minimum absolute atomic E-state index is 0.0264. The third-order valence-corrected chi connectivity index (χ3v) is 3.48. The second kappa shape index (κ2) is 3.91. The zero-order chi connectivity index (χ0) is 10.1. The molecule has 3 heteroatoms. The maximum atomic E-state index is 11.5. The molecule has 0 saturated carbocycles. The summed E-state index contributed by atoms with van der Waals surface area (Å²) in [4.78, 5) is 13.5. The Morgan fingerprint density at radius 1 is 1.46 bits per heavy atom. The van der Waals surface area contributed by atoms with Crippen molar-refractivity contribution in [3.05, 3.63) is 0 Å². The molecule has 1 heterocycles. The summed E-state index contributed by atoms with van der Waals surface area (Å²) < 4.78 is 0. The quantitative estimate of drug-likeness (QED) is 0.648. The number of amides is 1. The molecule has 1 rings (SSSR count). The van der Waals surface area contributed by atoms with Crippen LogP contribution >= 0.6 is 11.8 Å². The summed E-state index contributed by atoms with van der Waals surface area (Å²) in [6.07, 6.45) is 1.15. The Labute approximate surface area is 85.1 Å². The van der Waals surface area contributed by atoms with E-state index in [1.807, 2.05) is 16.7 Å². The standard InChI is InChI=1S/C10H19NOS/c1-8(12)11(10(2,3)4)9-5-6-13-7-9/h9H,5-7H2,1-4H3/t9-/m1/s1. The van der Waals surface area contributed by atoms with Gasteiger partial charge in [-0.15, -0.1) is 0 Å². The van der Waals surface area contributed by atoms with E-state index in [1.165, 1.54) is 5.75 Å². The van der Waals surface area contributed by atoms with Gasteiger partial charge in [0.1, 0.15) is 0 Å². The number of carbonyl (C=O) groups is 1. The first-order chi connectivity index (χ1) is 5.93. The van der Waals surface area contributed by atoms with Gasteiger partial charge in [0, 0.05) is 24.3 Å². The number of nitrogens with zero attached hydrogens (tertiary/aromatic N) is 1. The summed E-state index contributed by atoms with van der Waals surface area (Å²) in [6.45, 7) is 8.00. The first kappa shape index (κ1) is 10.9. The van der Waals surface area contributed by atoms with E-state index >= 15 is 0 Å². The topological polar surface area (TPSA) is 20.3 Å². The molecule has 76 valence electrons.